The molecular formula is C57H55LiN4O9. The zero-order valence-corrected chi connectivity index (χ0v) is 39.6. The van der Waals surface area contributed by atoms with E-state index >= 15 is 0 Å². The summed E-state index contributed by atoms with van der Waals surface area (Å²) in [6.07, 6.45) is 6.76. The van der Waals surface area contributed by atoms with Crippen molar-refractivity contribution in [3.63, 3.8) is 0 Å². The summed E-state index contributed by atoms with van der Waals surface area (Å²) in [5.41, 5.74) is 5.06. The third kappa shape index (κ3) is 14.6. The third-order valence-electron chi connectivity index (χ3n) is 12.1. The van der Waals surface area contributed by atoms with E-state index in [-0.39, 0.29) is 73.5 Å². The molecule has 0 saturated carbocycles. The number of ether oxygens (including phenoxy) is 1. The van der Waals surface area contributed by atoms with Gasteiger partial charge in [-0.05, 0) is 45.5 Å². The predicted molar refractivity (Wildman–Crippen MR) is 266 cm³/mol. The zero-order valence-electron chi connectivity index (χ0n) is 39.6. The number of likely N-dealkylation sites (tertiary alicyclic amines) is 2. The molecule has 6 aromatic rings. The monoisotopic (exact) mass is 946 g/mol. The van der Waals surface area contributed by atoms with Crippen LogP contribution in [-0.2, 0) is 33.5 Å². The summed E-state index contributed by atoms with van der Waals surface area (Å²) in [5.74, 6) is -3.86. The molecule has 6 aromatic carbocycles. The average Bonchev–Trinajstić information content (AvgIpc) is 4.02. The molecule has 71 heavy (non-hydrogen) atoms. The Morgan fingerprint density at radius 1 is 0.507 bits per heavy atom. The van der Waals surface area contributed by atoms with Crippen LogP contribution in [-0.4, -0.2) is 100 Å². The second-order valence-corrected chi connectivity index (χ2v) is 16.8. The minimum Gasteiger partial charge on any atom is -0.870 e. The largest absolute Gasteiger partial charge is 1.00 e. The maximum absolute atomic E-state index is 13.9. The molecule has 2 saturated heterocycles. The van der Waals surface area contributed by atoms with E-state index < -0.39 is 41.9 Å². The summed E-state index contributed by atoms with van der Waals surface area (Å²) in [6, 6.07) is 54.0. The van der Waals surface area contributed by atoms with Gasteiger partial charge in [-0.15, -0.1) is 0 Å². The number of carbonyl (C=O) groups excluding carboxylic acids is 5. The first-order valence-electron chi connectivity index (χ1n) is 22.8. The van der Waals surface area contributed by atoms with Gasteiger partial charge in [0.2, 0.25) is 23.6 Å². The summed E-state index contributed by atoms with van der Waals surface area (Å²) < 4.78 is 5.00. The number of aliphatic carboxylic acids is 1. The Bertz CT molecular complexity index is 2650. The van der Waals surface area contributed by atoms with Gasteiger partial charge >= 0.3 is 30.8 Å². The summed E-state index contributed by atoms with van der Waals surface area (Å²) in [6.45, 7) is 0.358. The molecular weight excluding hydrogens is 892 g/mol. The van der Waals surface area contributed by atoms with Crippen molar-refractivity contribution in [2.24, 2.45) is 0 Å². The number of benzene rings is 6. The van der Waals surface area contributed by atoms with Crippen LogP contribution in [0.15, 0.2) is 194 Å². The fraction of sp³-hybridized carbons (Fsp3) is 0.193. The van der Waals surface area contributed by atoms with Gasteiger partial charge in [0.15, 0.2) is 0 Å². The smallest absolute Gasteiger partial charge is 0.870 e. The van der Waals surface area contributed by atoms with Crippen LogP contribution in [0.4, 0.5) is 0 Å². The first-order chi connectivity index (χ1) is 33.6. The van der Waals surface area contributed by atoms with Gasteiger partial charge in [0, 0.05) is 50.2 Å². The molecule has 0 bridgehead atoms. The molecule has 2 aliphatic rings. The van der Waals surface area contributed by atoms with Crippen molar-refractivity contribution < 1.29 is 62.9 Å². The minimum absolute atomic E-state index is 0. The molecule has 358 valence electrons. The first-order valence-corrected chi connectivity index (χ1v) is 22.8. The molecule has 2 heterocycles. The second-order valence-electron chi connectivity index (χ2n) is 16.8. The Kier molecular flexibility index (Phi) is 20.4. The van der Waals surface area contributed by atoms with Crippen LogP contribution in [0.25, 0.3) is 12.2 Å². The topological polar surface area (TPSA) is 192 Å². The number of nitrogens with zero attached hydrogens (tertiary/aromatic N) is 2. The van der Waals surface area contributed by atoms with Gasteiger partial charge in [-0.2, -0.15) is 0 Å². The van der Waals surface area contributed by atoms with E-state index in [2.05, 4.69) is 10.6 Å². The van der Waals surface area contributed by atoms with Crippen molar-refractivity contribution in [1.82, 2.24) is 20.4 Å². The number of carbonyl (C=O) groups is 6. The molecule has 13 nitrogen and oxygen atoms in total. The quantitative estimate of drug-likeness (QED) is 0.0811. The van der Waals surface area contributed by atoms with E-state index in [0.717, 1.165) is 33.4 Å². The van der Waals surface area contributed by atoms with Crippen LogP contribution < -0.4 is 29.5 Å². The molecule has 4 N–H and O–H groups in total. The summed E-state index contributed by atoms with van der Waals surface area (Å²) >= 11 is 0. The van der Waals surface area contributed by atoms with Crippen molar-refractivity contribution >= 4 is 47.7 Å². The molecule has 4 atom stereocenters. The Balaban J connectivity index is 0.000000257. The summed E-state index contributed by atoms with van der Waals surface area (Å²) in [4.78, 5) is 80.2. The van der Waals surface area contributed by atoms with Gasteiger partial charge in [-0.25, -0.2) is 9.59 Å². The number of carboxylic acid groups (broad SMARTS) is 1. The van der Waals surface area contributed by atoms with Crippen LogP contribution in [0.3, 0.4) is 0 Å². The fourth-order valence-electron chi connectivity index (χ4n) is 8.80. The molecule has 2 aliphatic heterocycles. The van der Waals surface area contributed by atoms with Gasteiger partial charge in [0.05, 0.1) is 18.9 Å². The zero-order chi connectivity index (χ0) is 48.5. The number of nitrogens with one attached hydrogen (secondary N) is 2. The van der Waals surface area contributed by atoms with Crippen molar-refractivity contribution in [2.75, 3.05) is 20.2 Å². The van der Waals surface area contributed by atoms with Crippen LogP contribution in [0.5, 0.6) is 0 Å². The molecule has 0 aromatic heterocycles. The number of carboxylic acids is 1. The first kappa shape index (κ1) is 54.1. The maximum atomic E-state index is 13.9. The van der Waals surface area contributed by atoms with Crippen molar-refractivity contribution in [3.8, 4) is 0 Å². The van der Waals surface area contributed by atoms with E-state index in [4.69, 9.17) is 4.74 Å². The van der Waals surface area contributed by atoms with Gasteiger partial charge in [0.25, 0.3) is 0 Å². The van der Waals surface area contributed by atoms with E-state index in [9.17, 15) is 33.9 Å². The number of hydrogen-bond donors (Lipinski definition) is 3. The molecule has 8 rings (SSSR count). The van der Waals surface area contributed by atoms with Crippen LogP contribution in [0.2, 0.25) is 0 Å². The number of amides is 4. The van der Waals surface area contributed by atoms with Gasteiger partial charge in [-0.1, -0.05) is 182 Å². The van der Waals surface area contributed by atoms with Crippen molar-refractivity contribution in [3.05, 3.63) is 228 Å². The van der Waals surface area contributed by atoms with Crippen molar-refractivity contribution in [1.29, 1.82) is 0 Å². The molecule has 0 spiro atoms. The molecule has 0 unspecified atom stereocenters. The average molecular weight is 947 g/mol. The van der Waals surface area contributed by atoms with Crippen LogP contribution >= 0.6 is 0 Å². The van der Waals surface area contributed by atoms with E-state index in [1.165, 1.54) is 24.2 Å². The predicted octanol–water partition coefficient (Wildman–Crippen LogP) is 4.32. The standard InChI is InChI=1S/C29H28N2O4.C28H26N2O4.Li.H2O/c1-35-29(34)25-19-24(30-26(32)18-17-21-11-5-2-6-12-21)20-31(25)28(33)27(22-13-7-3-8-14-22)23-15-9-4-10-16-23;31-25(17-16-20-10-4-1-5-11-20)29-23-18-24(28(33)34)30(19-23)27(32)26(21-12-6-2-7-13-21)22-14-8-3-9-15-22;;/h2-18,24-25,27H,19-20H2,1H3,(H,30,32);1-17,23-24,26H,18-19H2,(H,29,31)(H,33,34);;1H2/q;;+1;/p-1/b18-17+;17-16+;;/t24-,25-;23-,24-;;/m00../s1. The number of hydrogen-bond acceptors (Lipinski definition) is 8. The van der Waals surface area contributed by atoms with E-state index in [1.54, 1.807) is 17.1 Å². The normalized spacial score (nSPS) is 17.1. The minimum atomic E-state index is -1.08. The number of esters is 1. The molecule has 0 radical (unpaired) electrons. The molecule has 0 aliphatic carbocycles. The fourth-order valence-corrected chi connectivity index (χ4v) is 8.80. The van der Waals surface area contributed by atoms with Crippen LogP contribution in [0.1, 0.15) is 58.1 Å². The Morgan fingerprint density at radius 3 is 1.11 bits per heavy atom. The van der Waals surface area contributed by atoms with Gasteiger partial charge < -0.3 is 35.8 Å². The molecule has 2 fully saturated rings. The molecule has 14 heteroatoms. The number of methoxy groups -OCH3 is 1. The third-order valence-corrected chi connectivity index (χ3v) is 12.1. The van der Waals surface area contributed by atoms with Gasteiger partial charge in [-0.3, -0.25) is 19.2 Å². The second kappa shape index (κ2) is 26.8. The van der Waals surface area contributed by atoms with E-state index in [1.807, 2.05) is 182 Å². The van der Waals surface area contributed by atoms with Crippen molar-refractivity contribution in [2.45, 2.75) is 48.8 Å². The number of rotatable bonds is 14. The Labute approximate surface area is 425 Å². The Hall–Kier alpha value is -7.82. The summed E-state index contributed by atoms with van der Waals surface area (Å²) in [7, 11) is 1.31. The summed E-state index contributed by atoms with van der Waals surface area (Å²) in [5, 5.41) is 15.6. The van der Waals surface area contributed by atoms with E-state index in [0.29, 0.717) is 6.42 Å². The SMILES string of the molecule is COC(=O)[C@@H]1C[C@H](NC(=O)/C=C/c2ccccc2)CN1C(=O)C(c1ccccc1)c1ccccc1.O=C(/C=C/c1ccccc1)N[C@H]1C[C@@H](C(=O)O)N(C(=O)C(c2ccccc2)c2ccccc2)C1.[Li+].[OH-]. The Morgan fingerprint density at radius 2 is 0.803 bits per heavy atom. The van der Waals surface area contributed by atoms with Crippen LogP contribution in [0, 0.1) is 0 Å². The van der Waals surface area contributed by atoms with Gasteiger partial charge in [0.1, 0.15) is 12.1 Å². The maximum Gasteiger partial charge on any atom is 1.00 e. The molecule has 4 amide bonds.